The Morgan fingerprint density at radius 1 is 1.24 bits per heavy atom. The second kappa shape index (κ2) is 11.3. The molecule has 7 heteroatoms. The highest BCUT2D eigenvalue weighted by molar-refractivity contribution is 14.0. The standard InChI is InChI=1S/C18H26N4OS.HI/c1-13(2)16-12-24-17(22-16)11-21-18(19-3)20-10-9-14-5-7-15(23-4)8-6-14;/h5-8,12-13H,9-11H2,1-4H3,(H2,19,20,21);1H. The van der Waals surface area contributed by atoms with E-state index in [9.17, 15) is 0 Å². The van der Waals surface area contributed by atoms with Crippen molar-refractivity contribution in [2.45, 2.75) is 32.7 Å². The molecule has 0 aliphatic carbocycles. The number of benzene rings is 1. The molecule has 1 heterocycles. The zero-order valence-electron chi connectivity index (χ0n) is 15.2. The fraction of sp³-hybridized carbons (Fsp3) is 0.444. The van der Waals surface area contributed by atoms with Crippen LogP contribution in [-0.4, -0.2) is 31.6 Å². The topological polar surface area (TPSA) is 58.5 Å². The highest BCUT2D eigenvalue weighted by Gasteiger charge is 2.06. The van der Waals surface area contributed by atoms with Gasteiger partial charge in [-0.2, -0.15) is 0 Å². The van der Waals surface area contributed by atoms with Crippen LogP contribution < -0.4 is 15.4 Å². The molecule has 0 fully saturated rings. The van der Waals surface area contributed by atoms with E-state index in [1.54, 1.807) is 25.5 Å². The molecule has 0 aliphatic heterocycles. The molecule has 0 bridgehead atoms. The molecule has 0 aliphatic rings. The number of guanidine groups is 1. The van der Waals surface area contributed by atoms with Gasteiger partial charge in [0, 0.05) is 19.0 Å². The van der Waals surface area contributed by atoms with Crippen molar-refractivity contribution in [2.24, 2.45) is 4.99 Å². The van der Waals surface area contributed by atoms with Gasteiger partial charge in [-0.05, 0) is 30.0 Å². The Kier molecular flexibility index (Phi) is 9.81. The minimum atomic E-state index is 0. The van der Waals surface area contributed by atoms with Gasteiger partial charge in [0.15, 0.2) is 5.96 Å². The number of ether oxygens (including phenoxy) is 1. The lowest BCUT2D eigenvalue weighted by atomic mass is 10.1. The maximum atomic E-state index is 5.17. The Bertz CT molecular complexity index is 655. The van der Waals surface area contributed by atoms with Crippen LogP contribution in [0.1, 0.15) is 36.0 Å². The van der Waals surface area contributed by atoms with E-state index in [2.05, 4.69) is 52.0 Å². The van der Waals surface area contributed by atoms with Gasteiger partial charge in [-0.3, -0.25) is 4.99 Å². The monoisotopic (exact) mass is 474 g/mol. The summed E-state index contributed by atoms with van der Waals surface area (Å²) < 4.78 is 5.17. The quantitative estimate of drug-likeness (QED) is 0.364. The van der Waals surface area contributed by atoms with E-state index in [1.165, 1.54) is 5.56 Å². The lowest BCUT2D eigenvalue weighted by Crippen LogP contribution is -2.37. The van der Waals surface area contributed by atoms with Gasteiger partial charge in [0.25, 0.3) is 0 Å². The van der Waals surface area contributed by atoms with Gasteiger partial charge in [-0.25, -0.2) is 4.98 Å². The minimum Gasteiger partial charge on any atom is -0.497 e. The van der Waals surface area contributed by atoms with Gasteiger partial charge < -0.3 is 15.4 Å². The smallest absolute Gasteiger partial charge is 0.191 e. The average Bonchev–Trinajstić information content (AvgIpc) is 3.08. The Balaban J connectivity index is 0.00000312. The van der Waals surface area contributed by atoms with Crippen LogP contribution in [0.5, 0.6) is 5.75 Å². The highest BCUT2D eigenvalue weighted by Crippen LogP contribution is 2.17. The van der Waals surface area contributed by atoms with Gasteiger partial charge in [0.2, 0.25) is 0 Å². The number of aromatic nitrogens is 1. The third-order valence-corrected chi connectivity index (χ3v) is 4.52. The van der Waals surface area contributed by atoms with Gasteiger partial charge in [0.05, 0.1) is 19.3 Å². The Labute approximate surface area is 171 Å². The SMILES string of the molecule is CN=C(NCCc1ccc(OC)cc1)NCc1nc(C(C)C)cs1.I. The van der Waals surface area contributed by atoms with E-state index in [0.717, 1.165) is 35.4 Å². The van der Waals surface area contributed by atoms with Crippen molar-refractivity contribution in [1.82, 2.24) is 15.6 Å². The molecule has 0 radical (unpaired) electrons. The molecule has 1 aromatic carbocycles. The zero-order chi connectivity index (χ0) is 17.4. The first kappa shape index (κ1) is 21.7. The molecule has 0 atom stereocenters. The van der Waals surface area contributed by atoms with Gasteiger partial charge in [-0.15, -0.1) is 35.3 Å². The molecule has 0 unspecified atom stereocenters. The van der Waals surface area contributed by atoms with Crippen molar-refractivity contribution in [1.29, 1.82) is 0 Å². The third-order valence-electron chi connectivity index (χ3n) is 3.66. The number of rotatable bonds is 7. The van der Waals surface area contributed by atoms with Crippen LogP contribution in [0.15, 0.2) is 34.6 Å². The molecule has 0 amide bonds. The molecule has 2 aromatic rings. The lowest BCUT2D eigenvalue weighted by Gasteiger charge is -2.11. The molecule has 0 spiro atoms. The van der Waals surface area contributed by atoms with Crippen LogP contribution in [-0.2, 0) is 13.0 Å². The Morgan fingerprint density at radius 2 is 1.96 bits per heavy atom. The number of nitrogens with one attached hydrogen (secondary N) is 2. The predicted molar refractivity (Wildman–Crippen MR) is 117 cm³/mol. The van der Waals surface area contributed by atoms with Crippen LogP contribution in [0.3, 0.4) is 0 Å². The molecule has 1 aromatic heterocycles. The lowest BCUT2D eigenvalue weighted by molar-refractivity contribution is 0.414. The second-order valence-corrected chi connectivity index (χ2v) is 6.71. The first-order valence-corrected chi connectivity index (χ1v) is 9.02. The van der Waals surface area contributed by atoms with E-state index >= 15 is 0 Å². The van der Waals surface area contributed by atoms with Crippen molar-refractivity contribution in [3.8, 4) is 5.75 Å². The minimum absolute atomic E-state index is 0. The second-order valence-electron chi connectivity index (χ2n) is 5.77. The summed E-state index contributed by atoms with van der Waals surface area (Å²) in [6.45, 7) is 5.83. The first-order valence-electron chi connectivity index (χ1n) is 8.14. The van der Waals surface area contributed by atoms with E-state index in [0.29, 0.717) is 12.5 Å². The third kappa shape index (κ3) is 7.19. The van der Waals surface area contributed by atoms with Crippen molar-refractivity contribution in [3.63, 3.8) is 0 Å². The number of aliphatic imine (C=N–C) groups is 1. The fourth-order valence-electron chi connectivity index (χ4n) is 2.17. The number of hydrogen-bond donors (Lipinski definition) is 2. The molecule has 25 heavy (non-hydrogen) atoms. The molecule has 2 N–H and O–H groups in total. The molecular formula is C18H27IN4OS. The van der Waals surface area contributed by atoms with Crippen molar-refractivity contribution < 1.29 is 4.74 Å². The number of thiazole rings is 1. The summed E-state index contributed by atoms with van der Waals surface area (Å²) in [7, 11) is 3.46. The maximum Gasteiger partial charge on any atom is 0.191 e. The van der Waals surface area contributed by atoms with Crippen LogP contribution in [0.2, 0.25) is 0 Å². The Hall–Kier alpha value is -1.35. The summed E-state index contributed by atoms with van der Waals surface area (Å²) in [5.74, 6) is 2.15. The molecule has 0 saturated heterocycles. The summed E-state index contributed by atoms with van der Waals surface area (Å²) in [5.41, 5.74) is 2.42. The van der Waals surface area contributed by atoms with Crippen molar-refractivity contribution in [2.75, 3.05) is 20.7 Å². The zero-order valence-corrected chi connectivity index (χ0v) is 18.4. The fourth-order valence-corrected chi connectivity index (χ4v) is 3.06. The molecule has 5 nitrogen and oxygen atoms in total. The van der Waals surface area contributed by atoms with E-state index < -0.39 is 0 Å². The van der Waals surface area contributed by atoms with E-state index in [-0.39, 0.29) is 24.0 Å². The number of methoxy groups -OCH3 is 1. The van der Waals surface area contributed by atoms with Gasteiger partial charge in [-0.1, -0.05) is 26.0 Å². The van der Waals surface area contributed by atoms with E-state index in [4.69, 9.17) is 4.74 Å². The number of hydrogen-bond acceptors (Lipinski definition) is 4. The number of halogens is 1. The summed E-state index contributed by atoms with van der Waals surface area (Å²) in [6.07, 6.45) is 0.930. The first-order chi connectivity index (χ1) is 11.6. The van der Waals surface area contributed by atoms with Gasteiger partial charge >= 0.3 is 0 Å². The van der Waals surface area contributed by atoms with Gasteiger partial charge in [0.1, 0.15) is 10.8 Å². The van der Waals surface area contributed by atoms with Crippen molar-refractivity contribution >= 4 is 41.3 Å². The molecular weight excluding hydrogens is 447 g/mol. The summed E-state index contributed by atoms with van der Waals surface area (Å²) >= 11 is 1.69. The largest absolute Gasteiger partial charge is 0.497 e. The van der Waals surface area contributed by atoms with Crippen LogP contribution in [0.4, 0.5) is 0 Å². The summed E-state index contributed by atoms with van der Waals surface area (Å²) in [5, 5.41) is 9.85. The maximum absolute atomic E-state index is 5.17. The molecule has 138 valence electrons. The van der Waals surface area contributed by atoms with Crippen molar-refractivity contribution in [3.05, 3.63) is 45.9 Å². The number of nitrogens with zero attached hydrogens (tertiary/aromatic N) is 2. The molecule has 0 saturated carbocycles. The van der Waals surface area contributed by atoms with Crippen LogP contribution in [0.25, 0.3) is 0 Å². The molecule has 2 rings (SSSR count). The van der Waals surface area contributed by atoms with Crippen LogP contribution >= 0.6 is 35.3 Å². The highest BCUT2D eigenvalue weighted by atomic mass is 127. The normalized spacial score (nSPS) is 11.2. The summed E-state index contributed by atoms with van der Waals surface area (Å²) in [4.78, 5) is 8.88. The summed E-state index contributed by atoms with van der Waals surface area (Å²) in [6, 6.07) is 8.13. The average molecular weight is 474 g/mol. The predicted octanol–water partition coefficient (Wildman–Crippen LogP) is 3.80. The Morgan fingerprint density at radius 3 is 2.52 bits per heavy atom. The van der Waals surface area contributed by atoms with Crippen LogP contribution in [0, 0.1) is 0 Å². The van der Waals surface area contributed by atoms with E-state index in [1.807, 2.05) is 12.1 Å².